The molecule has 0 aliphatic carbocycles. The maximum absolute atomic E-state index is 4.43. The fourth-order valence-electron chi connectivity index (χ4n) is 2.57. The molecule has 2 heterocycles. The van der Waals surface area contributed by atoms with Crippen molar-refractivity contribution >= 4 is 5.69 Å². The van der Waals surface area contributed by atoms with Gasteiger partial charge in [0, 0.05) is 30.4 Å². The summed E-state index contributed by atoms with van der Waals surface area (Å²) in [7, 11) is 0. The molecule has 1 aromatic heterocycles. The maximum Gasteiger partial charge on any atom is 0.0556 e. The van der Waals surface area contributed by atoms with E-state index in [-0.39, 0.29) is 5.54 Å². The lowest BCUT2D eigenvalue weighted by molar-refractivity contribution is 0.276. The second kappa shape index (κ2) is 5.27. The molecule has 0 bridgehead atoms. The fraction of sp³-hybridized carbons (Fsp3) is 0.667. The number of aromatic nitrogens is 1. The van der Waals surface area contributed by atoms with Crippen LogP contribution < -0.4 is 10.2 Å². The number of aryl methyl sites for hydroxylation is 1. The molecule has 3 heteroatoms. The highest BCUT2D eigenvalue weighted by Gasteiger charge is 2.33. The van der Waals surface area contributed by atoms with Crippen molar-refractivity contribution in [3.05, 3.63) is 24.0 Å². The Morgan fingerprint density at radius 1 is 1.44 bits per heavy atom. The molecule has 0 spiro atoms. The minimum Gasteiger partial charge on any atom is -0.364 e. The number of anilines is 1. The van der Waals surface area contributed by atoms with Crippen LogP contribution in [0.15, 0.2) is 18.3 Å². The zero-order valence-electron chi connectivity index (χ0n) is 12.0. The molecule has 0 radical (unpaired) electrons. The van der Waals surface area contributed by atoms with E-state index in [1.54, 1.807) is 0 Å². The summed E-state index contributed by atoms with van der Waals surface area (Å²) in [4.78, 5) is 6.95. The van der Waals surface area contributed by atoms with Crippen molar-refractivity contribution in [1.29, 1.82) is 0 Å². The summed E-state index contributed by atoms with van der Waals surface area (Å²) in [5.41, 5.74) is 2.56. The number of hydrogen-bond acceptors (Lipinski definition) is 3. The number of piperazine rings is 1. The van der Waals surface area contributed by atoms with Gasteiger partial charge in [0.2, 0.25) is 0 Å². The Kier molecular flexibility index (Phi) is 3.91. The number of rotatable bonds is 3. The monoisotopic (exact) mass is 247 g/mol. The average molecular weight is 247 g/mol. The van der Waals surface area contributed by atoms with Crippen molar-refractivity contribution in [3.8, 4) is 0 Å². The smallest absolute Gasteiger partial charge is 0.0556 e. The summed E-state index contributed by atoms with van der Waals surface area (Å²) in [6.45, 7) is 11.0. The van der Waals surface area contributed by atoms with Gasteiger partial charge in [0.1, 0.15) is 0 Å². The molecule has 2 atom stereocenters. The molecule has 0 saturated carbocycles. The average Bonchev–Trinajstić information content (AvgIpc) is 2.40. The van der Waals surface area contributed by atoms with Gasteiger partial charge in [-0.25, -0.2) is 0 Å². The molecule has 1 fully saturated rings. The molecular formula is C15H25N3. The first-order valence-corrected chi connectivity index (χ1v) is 7.02. The number of hydrogen-bond donors (Lipinski definition) is 1. The van der Waals surface area contributed by atoms with Crippen LogP contribution in [0.1, 0.15) is 39.3 Å². The van der Waals surface area contributed by atoms with Crippen molar-refractivity contribution in [3.63, 3.8) is 0 Å². The van der Waals surface area contributed by atoms with E-state index >= 15 is 0 Å². The summed E-state index contributed by atoms with van der Waals surface area (Å²) >= 11 is 0. The van der Waals surface area contributed by atoms with Gasteiger partial charge in [-0.3, -0.25) is 4.98 Å². The summed E-state index contributed by atoms with van der Waals surface area (Å²) in [5, 5.41) is 3.70. The van der Waals surface area contributed by atoms with Crippen LogP contribution >= 0.6 is 0 Å². The van der Waals surface area contributed by atoms with Crippen LogP contribution in [0.25, 0.3) is 0 Å². The van der Waals surface area contributed by atoms with Crippen molar-refractivity contribution in [2.24, 2.45) is 0 Å². The number of nitrogens with zero attached hydrogens (tertiary/aromatic N) is 2. The van der Waals surface area contributed by atoms with Gasteiger partial charge in [0.15, 0.2) is 0 Å². The molecule has 0 aromatic carbocycles. The van der Waals surface area contributed by atoms with E-state index in [0.717, 1.165) is 25.2 Å². The Morgan fingerprint density at radius 2 is 2.22 bits per heavy atom. The molecular weight excluding hydrogens is 222 g/mol. The predicted molar refractivity (Wildman–Crippen MR) is 77.1 cm³/mol. The SMILES string of the molecule is CCC1CNC(C)(CC)CN1c1ccc(C)nc1. The third kappa shape index (κ3) is 2.66. The standard InChI is InChI=1S/C15H25N3/c1-5-13-10-17-15(4,6-2)11-18(13)14-8-7-12(3)16-9-14/h7-9,13,17H,5-6,10-11H2,1-4H3. The molecule has 18 heavy (non-hydrogen) atoms. The van der Waals surface area contributed by atoms with Crippen LogP contribution in [0.3, 0.4) is 0 Å². The van der Waals surface area contributed by atoms with Crippen molar-refractivity contribution in [1.82, 2.24) is 10.3 Å². The van der Waals surface area contributed by atoms with Crippen molar-refractivity contribution in [2.45, 2.75) is 52.1 Å². The first kappa shape index (κ1) is 13.3. The quantitative estimate of drug-likeness (QED) is 0.890. The van der Waals surface area contributed by atoms with E-state index < -0.39 is 0 Å². The fourth-order valence-corrected chi connectivity index (χ4v) is 2.57. The third-order valence-electron chi connectivity index (χ3n) is 4.20. The van der Waals surface area contributed by atoms with Crippen LogP contribution in [-0.4, -0.2) is 29.7 Å². The number of nitrogens with one attached hydrogen (secondary N) is 1. The molecule has 1 aliphatic heterocycles. The molecule has 2 unspecified atom stereocenters. The Morgan fingerprint density at radius 3 is 2.78 bits per heavy atom. The minimum absolute atomic E-state index is 0.219. The van der Waals surface area contributed by atoms with E-state index in [2.05, 4.69) is 48.1 Å². The molecule has 1 N–H and O–H groups in total. The molecule has 100 valence electrons. The van der Waals surface area contributed by atoms with Gasteiger partial charge in [-0.1, -0.05) is 13.8 Å². The first-order valence-electron chi connectivity index (χ1n) is 7.02. The summed E-state index contributed by atoms with van der Waals surface area (Å²) < 4.78 is 0. The van der Waals surface area contributed by atoms with Crippen LogP contribution in [0, 0.1) is 6.92 Å². The van der Waals surface area contributed by atoms with Gasteiger partial charge < -0.3 is 10.2 Å². The van der Waals surface area contributed by atoms with Gasteiger partial charge in [0.25, 0.3) is 0 Å². The molecule has 1 aliphatic rings. The minimum atomic E-state index is 0.219. The van der Waals surface area contributed by atoms with E-state index in [1.165, 1.54) is 12.1 Å². The highest BCUT2D eigenvalue weighted by Crippen LogP contribution is 2.26. The highest BCUT2D eigenvalue weighted by molar-refractivity contribution is 5.47. The lowest BCUT2D eigenvalue weighted by Crippen LogP contribution is -2.62. The predicted octanol–water partition coefficient (Wildman–Crippen LogP) is 2.75. The molecule has 1 saturated heterocycles. The number of pyridine rings is 1. The van der Waals surface area contributed by atoms with Gasteiger partial charge >= 0.3 is 0 Å². The molecule has 1 aromatic rings. The summed E-state index contributed by atoms with van der Waals surface area (Å²) in [6.07, 6.45) is 4.33. The topological polar surface area (TPSA) is 28.2 Å². The Bertz CT molecular complexity index is 387. The Labute approximate surface area is 111 Å². The van der Waals surface area contributed by atoms with Gasteiger partial charge in [-0.2, -0.15) is 0 Å². The van der Waals surface area contributed by atoms with Gasteiger partial charge in [0.05, 0.1) is 11.9 Å². The van der Waals surface area contributed by atoms with E-state index in [4.69, 9.17) is 0 Å². The second-order valence-corrected chi connectivity index (χ2v) is 5.64. The summed E-state index contributed by atoms with van der Waals surface area (Å²) in [6, 6.07) is 4.88. The summed E-state index contributed by atoms with van der Waals surface area (Å²) in [5.74, 6) is 0. The van der Waals surface area contributed by atoms with Crippen LogP contribution in [0.4, 0.5) is 5.69 Å². The van der Waals surface area contributed by atoms with Crippen molar-refractivity contribution in [2.75, 3.05) is 18.0 Å². The lowest BCUT2D eigenvalue weighted by Gasteiger charge is -2.47. The van der Waals surface area contributed by atoms with Gasteiger partial charge in [-0.05, 0) is 38.8 Å². The van der Waals surface area contributed by atoms with Crippen LogP contribution in [-0.2, 0) is 0 Å². The molecule has 3 nitrogen and oxygen atoms in total. The highest BCUT2D eigenvalue weighted by atomic mass is 15.3. The van der Waals surface area contributed by atoms with E-state index in [9.17, 15) is 0 Å². The maximum atomic E-state index is 4.43. The Balaban J connectivity index is 2.23. The zero-order valence-corrected chi connectivity index (χ0v) is 12.0. The zero-order chi connectivity index (χ0) is 13.2. The lowest BCUT2D eigenvalue weighted by atomic mass is 9.92. The normalized spacial score (nSPS) is 28.4. The van der Waals surface area contributed by atoms with Gasteiger partial charge in [-0.15, -0.1) is 0 Å². The third-order valence-corrected chi connectivity index (χ3v) is 4.20. The molecule has 0 amide bonds. The molecule has 2 rings (SSSR count). The van der Waals surface area contributed by atoms with E-state index in [0.29, 0.717) is 6.04 Å². The van der Waals surface area contributed by atoms with Crippen molar-refractivity contribution < 1.29 is 0 Å². The Hall–Kier alpha value is -1.09. The largest absolute Gasteiger partial charge is 0.364 e. The van der Waals surface area contributed by atoms with E-state index in [1.807, 2.05) is 13.1 Å². The second-order valence-electron chi connectivity index (χ2n) is 5.64. The van der Waals surface area contributed by atoms with Crippen LogP contribution in [0.2, 0.25) is 0 Å². The van der Waals surface area contributed by atoms with Crippen LogP contribution in [0.5, 0.6) is 0 Å². The first-order chi connectivity index (χ1) is 8.58.